The summed E-state index contributed by atoms with van der Waals surface area (Å²) in [5.74, 6) is -0.465. The minimum atomic E-state index is -1.26. The Hall–Kier alpha value is -3.44. The summed E-state index contributed by atoms with van der Waals surface area (Å²) >= 11 is 0. The van der Waals surface area contributed by atoms with Gasteiger partial charge in [0.15, 0.2) is 5.78 Å². The Bertz CT molecular complexity index is 968. The van der Waals surface area contributed by atoms with Crippen molar-refractivity contribution in [3.8, 4) is 0 Å². The van der Waals surface area contributed by atoms with Gasteiger partial charge < -0.3 is 16.8 Å². The highest BCUT2D eigenvalue weighted by molar-refractivity contribution is 6.05. The first-order valence-electron chi connectivity index (χ1n) is 8.54. The minimum Gasteiger partial charge on any atom is -0.397 e. The highest BCUT2D eigenvalue weighted by Gasteiger charge is 2.34. The first-order chi connectivity index (χ1) is 12.9. The number of carbonyl (C=O) groups excluding carboxylic acids is 2. The van der Waals surface area contributed by atoms with Gasteiger partial charge >= 0.3 is 0 Å². The maximum atomic E-state index is 12.5. The normalized spacial score (nSPS) is 12.8. The first kappa shape index (κ1) is 18.4. The van der Waals surface area contributed by atoms with Gasteiger partial charge in [-0.3, -0.25) is 9.59 Å². The van der Waals surface area contributed by atoms with Crippen LogP contribution in [0, 0.1) is 0 Å². The van der Waals surface area contributed by atoms with Gasteiger partial charge in [0.2, 0.25) is 0 Å². The van der Waals surface area contributed by atoms with E-state index in [4.69, 9.17) is 11.5 Å². The second kappa shape index (κ2) is 7.43. The van der Waals surface area contributed by atoms with Crippen molar-refractivity contribution in [1.82, 2.24) is 0 Å². The predicted octanol–water partition coefficient (Wildman–Crippen LogP) is 3.31. The third kappa shape index (κ3) is 3.59. The zero-order valence-corrected chi connectivity index (χ0v) is 15.0. The van der Waals surface area contributed by atoms with E-state index in [1.807, 2.05) is 30.3 Å². The lowest BCUT2D eigenvalue weighted by Crippen LogP contribution is -2.44. The summed E-state index contributed by atoms with van der Waals surface area (Å²) < 4.78 is 0. The van der Waals surface area contributed by atoms with Crippen molar-refractivity contribution in [1.29, 1.82) is 0 Å². The number of anilines is 2. The molecule has 0 aliphatic carbocycles. The standard InChI is InChI=1S/C22H21N3O2/c1-15(26)22(24,17-7-3-2-4-8-17)18-13-11-16(12-14-18)21(27)25-20-10-6-5-9-19(20)23/h2-14H,23-24H2,1H3,(H,25,27). The molecule has 1 amide bonds. The van der Waals surface area contributed by atoms with Crippen LogP contribution in [-0.2, 0) is 10.3 Å². The van der Waals surface area contributed by atoms with Crippen molar-refractivity contribution in [2.45, 2.75) is 12.5 Å². The topological polar surface area (TPSA) is 98.2 Å². The number of nitrogens with one attached hydrogen (secondary N) is 1. The molecular weight excluding hydrogens is 338 g/mol. The number of benzene rings is 3. The smallest absolute Gasteiger partial charge is 0.255 e. The van der Waals surface area contributed by atoms with Gasteiger partial charge in [0.25, 0.3) is 5.91 Å². The van der Waals surface area contributed by atoms with Crippen LogP contribution in [0.25, 0.3) is 0 Å². The van der Waals surface area contributed by atoms with Gasteiger partial charge in [-0.2, -0.15) is 0 Å². The molecular formula is C22H21N3O2. The van der Waals surface area contributed by atoms with Crippen molar-refractivity contribution in [3.05, 3.63) is 95.6 Å². The van der Waals surface area contributed by atoms with Crippen LogP contribution in [0.1, 0.15) is 28.4 Å². The SMILES string of the molecule is CC(=O)C(N)(c1ccccc1)c1ccc(C(=O)Nc2ccccc2N)cc1. The van der Waals surface area contributed by atoms with Crippen LogP contribution in [0.5, 0.6) is 0 Å². The summed E-state index contributed by atoms with van der Waals surface area (Å²) in [5.41, 5.74) is 13.9. The van der Waals surface area contributed by atoms with E-state index in [0.29, 0.717) is 28.1 Å². The summed E-state index contributed by atoms with van der Waals surface area (Å²) in [6.45, 7) is 1.46. The number of carbonyl (C=O) groups is 2. The van der Waals surface area contributed by atoms with E-state index in [2.05, 4.69) is 5.32 Å². The number of nitrogens with two attached hydrogens (primary N) is 2. The van der Waals surface area contributed by atoms with Crippen molar-refractivity contribution in [3.63, 3.8) is 0 Å². The molecule has 0 heterocycles. The monoisotopic (exact) mass is 359 g/mol. The molecule has 0 aromatic heterocycles. The second-order valence-electron chi connectivity index (χ2n) is 6.35. The molecule has 136 valence electrons. The third-order valence-corrected chi connectivity index (χ3v) is 4.60. The summed E-state index contributed by atoms with van der Waals surface area (Å²) in [7, 11) is 0. The number of hydrogen-bond acceptors (Lipinski definition) is 4. The quantitative estimate of drug-likeness (QED) is 0.609. The molecule has 3 rings (SSSR count). The van der Waals surface area contributed by atoms with Crippen molar-refractivity contribution in [2.75, 3.05) is 11.1 Å². The molecule has 5 N–H and O–H groups in total. The summed E-state index contributed by atoms with van der Waals surface area (Å²) in [6.07, 6.45) is 0. The Kier molecular flexibility index (Phi) is 5.05. The molecule has 0 aliphatic rings. The molecule has 0 aliphatic heterocycles. The van der Waals surface area contributed by atoms with E-state index in [1.165, 1.54) is 6.92 Å². The van der Waals surface area contributed by atoms with Crippen molar-refractivity contribution in [2.24, 2.45) is 5.73 Å². The van der Waals surface area contributed by atoms with Crippen LogP contribution in [0.3, 0.4) is 0 Å². The molecule has 27 heavy (non-hydrogen) atoms. The van der Waals surface area contributed by atoms with Gasteiger partial charge in [0.1, 0.15) is 5.54 Å². The molecule has 0 saturated carbocycles. The molecule has 0 fully saturated rings. The molecule has 1 atom stereocenters. The average Bonchev–Trinajstić information content (AvgIpc) is 2.69. The molecule has 5 nitrogen and oxygen atoms in total. The highest BCUT2D eigenvalue weighted by Crippen LogP contribution is 2.28. The number of Topliss-reactive ketones (excluding diaryl/α,β-unsaturated/α-hetero) is 1. The maximum absolute atomic E-state index is 12.5. The van der Waals surface area contributed by atoms with Crippen LogP contribution >= 0.6 is 0 Å². The average molecular weight is 359 g/mol. The zero-order chi connectivity index (χ0) is 19.4. The Labute approximate surface area is 158 Å². The lowest BCUT2D eigenvalue weighted by atomic mass is 9.80. The van der Waals surface area contributed by atoms with Gasteiger partial charge in [-0.15, -0.1) is 0 Å². The van der Waals surface area contributed by atoms with Gasteiger partial charge in [-0.1, -0.05) is 54.6 Å². The summed E-state index contributed by atoms with van der Waals surface area (Å²) in [4.78, 5) is 24.8. The third-order valence-electron chi connectivity index (χ3n) is 4.60. The number of ketones is 1. The van der Waals surface area contributed by atoms with E-state index in [0.717, 1.165) is 0 Å². The molecule has 1 unspecified atom stereocenters. The van der Waals surface area contributed by atoms with Gasteiger partial charge in [0.05, 0.1) is 11.4 Å². The van der Waals surface area contributed by atoms with E-state index >= 15 is 0 Å². The van der Waals surface area contributed by atoms with E-state index < -0.39 is 5.54 Å². The van der Waals surface area contributed by atoms with E-state index in [9.17, 15) is 9.59 Å². The first-order valence-corrected chi connectivity index (χ1v) is 8.54. The Morgan fingerprint density at radius 3 is 1.96 bits per heavy atom. The van der Waals surface area contributed by atoms with E-state index in [-0.39, 0.29) is 11.7 Å². The van der Waals surface area contributed by atoms with Gasteiger partial charge in [0, 0.05) is 5.56 Å². The lowest BCUT2D eigenvalue weighted by molar-refractivity contribution is -0.120. The molecule has 0 spiro atoms. The summed E-state index contributed by atoms with van der Waals surface area (Å²) in [5, 5.41) is 2.78. The Balaban J connectivity index is 1.89. The molecule has 3 aromatic carbocycles. The van der Waals surface area contributed by atoms with Crippen LogP contribution in [0.2, 0.25) is 0 Å². The lowest BCUT2D eigenvalue weighted by Gasteiger charge is -2.28. The zero-order valence-electron chi connectivity index (χ0n) is 15.0. The summed E-state index contributed by atoms with van der Waals surface area (Å²) in [6, 6.07) is 22.9. The Morgan fingerprint density at radius 2 is 1.37 bits per heavy atom. The van der Waals surface area contributed by atoms with Crippen LogP contribution < -0.4 is 16.8 Å². The fourth-order valence-corrected chi connectivity index (χ4v) is 2.96. The maximum Gasteiger partial charge on any atom is 0.255 e. The van der Waals surface area contributed by atoms with Crippen molar-refractivity contribution >= 4 is 23.1 Å². The Morgan fingerprint density at radius 1 is 0.815 bits per heavy atom. The second-order valence-corrected chi connectivity index (χ2v) is 6.35. The molecule has 3 aromatic rings. The van der Waals surface area contributed by atoms with Crippen LogP contribution in [-0.4, -0.2) is 11.7 Å². The van der Waals surface area contributed by atoms with Crippen LogP contribution in [0.15, 0.2) is 78.9 Å². The molecule has 5 heteroatoms. The number of nitrogen functional groups attached to an aromatic ring is 1. The fraction of sp³-hybridized carbons (Fsp3) is 0.0909. The fourth-order valence-electron chi connectivity index (χ4n) is 2.96. The minimum absolute atomic E-state index is 0.178. The van der Waals surface area contributed by atoms with Gasteiger partial charge in [-0.25, -0.2) is 0 Å². The predicted molar refractivity (Wildman–Crippen MR) is 107 cm³/mol. The van der Waals surface area contributed by atoms with Crippen molar-refractivity contribution < 1.29 is 9.59 Å². The molecule has 0 radical (unpaired) electrons. The number of rotatable bonds is 5. The largest absolute Gasteiger partial charge is 0.397 e. The van der Waals surface area contributed by atoms with Gasteiger partial charge in [-0.05, 0) is 42.3 Å². The molecule has 0 saturated heterocycles. The highest BCUT2D eigenvalue weighted by atomic mass is 16.1. The number of para-hydroxylation sites is 2. The van der Waals surface area contributed by atoms with Crippen LogP contribution in [0.4, 0.5) is 11.4 Å². The van der Waals surface area contributed by atoms with E-state index in [1.54, 1.807) is 48.5 Å². The molecule has 0 bridgehead atoms. The number of amides is 1. The number of hydrogen-bond donors (Lipinski definition) is 3.